The van der Waals surface area contributed by atoms with Crippen LogP contribution in [-0.2, 0) is 4.74 Å². The minimum atomic E-state index is -0.429. The molecule has 0 saturated carbocycles. The molecule has 0 fully saturated rings. The molecule has 0 aliphatic rings. The molecule has 4 heteroatoms. The lowest BCUT2D eigenvalue weighted by atomic mass is 10.1. The fraction of sp³-hybridized carbons (Fsp3) is 0.222. The van der Waals surface area contributed by atoms with Gasteiger partial charge in [-0.3, -0.25) is 0 Å². The Labute approximate surface area is 129 Å². The van der Waals surface area contributed by atoms with E-state index in [1.807, 2.05) is 13.0 Å². The third-order valence-corrected chi connectivity index (χ3v) is 2.90. The van der Waals surface area contributed by atoms with E-state index < -0.39 is 11.9 Å². The van der Waals surface area contributed by atoms with Gasteiger partial charge in [0.2, 0.25) is 0 Å². The highest BCUT2D eigenvalue weighted by Crippen LogP contribution is 2.16. The van der Waals surface area contributed by atoms with Crippen molar-refractivity contribution in [2.45, 2.75) is 26.9 Å². The predicted molar refractivity (Wildman–Crippen MR) is 83.1 cm³/mol. The molecule has 4 nitrogen and oxygen atoms in total. The first-order valence-corrected chi connectivity index (χ1v) is 7.05. The number of carbonyl (C=O) groups excluding carboxylic acids is 2. The van der Waals surface area contributed by atoms with Crippen molar-refractivity contribution in [1.82, 2.24) is 0 Å². The average Bonchev–Trinajstić information content (AvgIpc) is 2.47. The zero-order chi connectivity index (χ0) is 16.1. The van der Waals surface area contributed by atoms with Gasteiger partial charge in [-0.05, 0) is 57.2 Å². The molecule has 0 saturated heterocycles. The van der Waals surface area contributed by atoms with Crippen LogP contribution in [-0.4, -0.2) is 18.0 Å². The van der Waals surface area contributed by atoms with Gasteiger partial charge in [-0.1, -0.05) is 17.7 Å². The molecule has 0 radical (unpaired) electrons. The number of benzene rings is 2. The van der Waals surface area contributed by atoms with Crippen molar-refractivity contribution < 1.29 is 19.1 Å². The van der Waals surface area contributed by atoms with Crippen molar-refractivity contribution in [2.75, 3.05) is 0 Å². The van der Waals surface area contributed by atoms with Gasteiger partial charge in [-0.15, -0.1) is 0 Å². The highest BCUT2D eigenvalue weighted by molar-refractivity contribution is 5.92. The van der Waals surface area contributed by atoms with Crippen LogP contribution in [0.2, 0.25) is 0 Å². The predicted octanol–water partition coefficient (Wildman–Crippen LogP) is 3.78. The van der Waals surface area contributed by atoms with Crippen LogP contribution in [0.1, 0.15) is 40.1 Å². The van der Waals surface area contributed by atoms with E-state index in [-0.39, 0.29) is 6.10 Å². The summed E-state index contributed by atoms with van der Waals surface area (Å²) < 4.78 is 10.4. The lowest BCUT2D eigenvalue weighted by molar-refractivity contribution is 0.0378. The second-order valence-corrected chi connectivity index (χ2v) is 5.24. The standard InChI is InChI=1S/C18H18O4/c1-12(2)21-17(19)14-7-9-16(10-8-14)22-18(20)15-6-4-5-13(3)11-15/h4-12H,1-3H3. The van der Waals surface area contributed by atoms with Crippen LogP contribution in [0.3, 0.4) is 0 Å². The summed E-state index contributed by atoms with van der Waals surface area (Å²) in [6, 6.07) is 13.5. The average molecular weight is 298 g/mol. The number of hydrogen-bond acceptors (Lipinski definition) is 4. The molecule has 0 aliphatic heterocycles. The molecule has 22 heavy (non-hydrogen) atoms. The molecule has 2 aromatic rings. The van der Waals surface area contributed by atoms with Gasteiger partial charge >= 0.3 is 11.9 Å². The maximum atomic E-state index is 12.0. The highest BCUT2D eigenvalue weighted by Gasteiger charge is 2.11. The molecule has 0 atom stereocenters. The van der Waals surface area contributed by atoms with Gasteiger partial charge in [0, 0.05) is 0 Å². The van der Waals surface area contributed by atoms with Crippen LogP contribution >= 0.6 is 0 Å². The van der Waals surface area contributed by atoms with E-state index in [2.05, 4.69) is 0 Å². The first-order chi connectivity index (χ1) is 10.5. The van der Waals surface area contributed by atoms with E-state index in [1.54, 1.807) is 56.3 Å². The summed E-state index contributed by atoms with van der Waals surface area (Å²) >= 11 is 0. The monoisotopic (exact) mass is 298 g/mol. The summed E-state index contributed by atoms with van der Waals surface area (Å²) in [5.74, 6) is -0.444. The summed E-state index contributed by atoms with van der Waals surface area (Å²) in [4.78, 5) is 23.7. The summed E-state index contributed by atoms with van der Waals surface area (Å²) in [6.07, 6.45) is -0.175. The fourth-order valence-corrected chi connectivity index (χ4v) is 1.88. The minimum absolute atomic E-state index is 0.175. The van der Waals surface area contributed by atoms with E-state index >= 15 is 0 Å². The fourth-order valence-electron chi connectivity index (χ4n) is 1.88. The first kappa shape index (κ1) is 15.8. The molecule has 0 heterocycles. The largest absolute Gasteiger partial charge is 0.459 e. The van der Waals surface area contributed by atoms with Crippen LogP contribution in [0.25, 0.3) is 0 Å². The van der Waals surface area contributed by atoms with Gasteiger partial charge < -0.3 is 9.47 Å². The zero-order valence-electron chi connectivity index (χ0n) is 12.8. The van der Waals surface area contributed by atoms with Crippen molar-refractivity contribution in [3.05, 3.63) is 65.2 Å². The topological polar surface area (TPSA) is 52.6 Å². The van der Waals surface area contributed by atoms with Gasteiger partial charge in [-0.2, -0.15) is 0 Å². The number of carbonyl (C=O) groups is 2. The Balaban J connectivity index is 2.05. The SMILES string of the molecule is Cc1cccc(C(=O)Oc2ccc(C(=O)OC(C)C)cc2)c1. The highest BCUT2D eigenvalue weighted by atomic mass is 16.5. The molecule has 0 aliphatic carbocycles. The number of rotatable bonds is 4. The maximum absolute atomic E-state index is 12.0. The minimum Gasteiger partial charge on any atom is -0.459 e. The molecule has 2 aromatic carbocycles. The molecule has 0 bridgehead atoms. The van der Waals surface area contributed by atoms with E-state index in [0.717, 1.165) is 5.56 Å². The lowest BCUT2D eigenvalue weighted by Gasteiger charge is -2.08. The first-order valence-electron chi connectivity index (χ1n) is 7.05. The number of esters is 2. The summed E-state index contributed by atoms with van der Waals surface area (Å²) in [7, 11) is 0. The van der Waals surface area contributed by atoms with Gasteiger partial charge in [-0.25, -0.2) is 9.59 Å². The van der Waals surface area contributed by atoms with E-state index in [1.165, 1.54) is 0 Å². The number of ether oxygens (including phenoxy) is 2. The second kappa shape index (κ2) is 6.89. The lowest BCUT2D eigenvalue weighted by Crippen LogP contribution is -2.12. The molecule has 0 unspecified atom stereocenters. The summed E-state index contributed by atoms with van der Waals surface area (Å²) in [5.41, 5.74) is 1.90. The Morgan fingerprint density at radius 3 is 2.18 bits per heavy atom. The summed E-state index contributed by atoms with van der Waals surface area (Å²) in [5, 5.41) is 0. The van der Waals surface area contributed by atoms with E-state index in [0.29, 0.717) is 16.9 Å². The van der Waals surface area contributed by atoms with E-state index in [4.69, 9.17) is 9.47 Å². The zero-order valence-corrected chi connectivity index (χ0v) is 12.8. The Kier molecular flexibility index (Phi) is 4.94. The van der Waals surface area contributed by atoms with Crippen LogP contribution < -0.4 is 4.74 Å². The Hall–Kier alpha value is -2.62. The third kappa shape index (κ3) is 4.19. The maximum Gasteiger partial charge on any atom is 0.343 e. The van der Waals surface area contributed by atoms with Gasteiger partial charge in [0.25, 0.3) is 0 Å². The smallest absolute Gasteiger partial charge is 0.343 e. The van der Waals surface area contributed by atoms with Crippen molar-refractivity contribution in [1.29, 1.82) is 0 Å². The van der Waals surface area contributed by atoms with E-state index in [9.17, 15) is 9.59 Å². The molecule has 0 amide bonds. The Morgan fingerprint density at radius 1 is 0.909 bits per heavy atom. The Morgan fingerprint density at radius 2 is 1.59 bits per heavy atom. The molecule has 0 N–H and O–H groups in total. The van der Waals surface area contributed by atoms with Crippen molar-refractivity contribution in [3.63, 3.8) is 0 Å². The van der Waals surface area contributed by atoms with Crippen LogP contribution in [0, 0.1) is 6.92 Å². The molecule has 0 spiro atoms. The Bertz CT molecular complexity index is 672. The molecule has 2 rings (SSSR count). The normalized spacial score (nSPS) is 10.4. The number of hydrogen-bond donors (Lipinski definition) is 0. The number of aryl methyl sites for hydroxylation is 1. The van der Waals surface area contributed by atoms with Crippen molar-refractivity contribution in [2.24, 2.45) is 0 Å². The van der Waals surface area contributed by atoms with Gasteiger partial charge in [0.15, 0.2) is 0 Å². The molecular weight excluding hydrogens is 280 g/mol. The molecular formula is C18H18O4. The molecule has 114 valence electrons. The van der Waals surface area contributed by atoms with Crippen LogP contribution in [0.5, 0.6) is 5.75 Å². The van der Waals surface area contributed by atoms with Crippen LogP contribution in [0.4, 0.5) is 0 Å². The van der Waals surface area contributed by atoms with Crippen molar-refractivity contribution in [3.8, 4) is 5.75 Å². The third-order valence-electron chi connectivity index (χ3n) is 2.90. The van der Waals surface area contributed by atoms with Crippen molar-refractivity contribution >= 4 is 11.9 Å². The van der Waals surface area contributed by atoms with Crippen LogP contribution in [0.15, 0.2) is 48.5 Å². The van der Waals surface area contributed by atoms with Gasteiger partial charge in [0.05, 0.1) is 17.2 Å². The molecule has 0 aromatic heterocycles. The quantitative estimate of drug-likeness (QED) is 0.636. The second-order valence-electron chi connectivity index (χ2n) is 5.24. The van der Waals surface area contributed by atoms with Gasteiger partial charge in [0.1, 0.15) is 5.75 Å². The summed E-state index contributed by atoms with van der Waals surface area (Å²) in [6.45, 7) is 5.48.